The molecule has 0 aliphatic carbocycles. The minimum atomic E-state index is -1.00. The number of carboxylic acids is 2. The van der Waals surface area contributed by atoms with E-state index in [1.54, 1.807) is 0 Å². The second-order valence-electron chi connectivity index (χ2n) is 4.85. The van der Waals surface area contributed by atoms with Crippen LogP contribution >= 0.6 is 0 Å². The van der Waals surface area contributed by atoms with Crippen molar-refractivity contribution in [2.24, 2.45) is 22.9 Å². The molecule has 0 aromatic rings. The molecular formula is C12H28N8O4Sn. The minimum absolute atomic E-state index is 0. The molecule has 0 spiro atoms. The Morgan fingerprint density at radius 2 is 1.12 bits per heavy atom. The fourth-order valence-corrected chi connectivity index (χ4v) is 1.34. The van der Waals surface area contributed by atoms with Gasteiger partial charge in [0.05, 0.1) is 0 Å². The number of nitrogens with one attached hydrogen (secondary N) is 4. The summed E-state index contributed by atoms with van der Waals surface area (Å²) in [6.45, 7) is 0.965. The van der Waals surface area contributed by atoms with Crippen molar-refractivity contribution in [3.63, 3.8) is 0 Å². The average Bonchev–Trinajstić information content (AvgIpc) is 2.47. The van der Waals surface area contributed by atoms with Gasteiger partial charge >= 0.3 is 11.9 Å². The molecule has 0 aromatic heterocycles. The zero-order chi connectivity index (χ0) is 19.1. The van der Waals surface area contributed by atoms with Gasteiger partial charge < -0.3 is 43.8 Å². The third kappa shape index (κ3) is 22.2. The van der Waals surface area contributed by atoms with E-state index in [9.17, 15) is 9.59 Å². The summed E-state index contributed by atoms with van der Waals surface area (Å²) in [6.07, 6.45) is 1.95. The fraction of sp³-hybridized carbons (Fsp3) is 0.667. The molecule has 2 atom stereocenters. The summed E-state index contributed by atoms with van der Waals surface area (Å²) >= 11 is 0. The Labute approximate surface area is 163 Å². The Hall–Kier alpha value is -1.80. The third-order valence-electron chi connectivity index (χ3n) is 2.65. The van der Waals surface area contributed by atoms with Crippen LogP contribution in [0.1, 0.15) is 25.7 Å². The molecule has 25 heavy (non-hydrogen) atoms. The zero-order valence-electron chi connectivity index (χ0n) is 13.9. The standard InChI is InChI=1S/2C6H14N4O2.Sn/c2*7-4(5(11)12)2-1-3-10-6(8)9;/h2*4H,1-3,7H2,(H,11,12)(H4,8,9,10);/t2*4-;/m00./s1. The van der Waals surface area contributed by atoms with Gasteiger partial charge in [0, 0.05) is 37.0 Å². The molecule has 0 rings (SSSR count). The first-order valence-corrected chi connectivity index (χ1v) is 7.20. The molecule has 14 N–H and O–H groups in total. The van der Waals surface area contributed by atoms with Crippen LogP contribution in [0.4, 0.5) is 0 Å². The number of hydrogen-bond donors (Lipinski definition) is 10. The summed E-state index contributed by atoms with van der Waals surface area (Å²) in [7, 11) is 0. The van der Waals surface area contributed by atoms with E-state index in [1.807, 2.05) is 0 Å². The molecule has 12 nitrogen and oxygen atoms in total. The van der Waals surface area contributed by atoms with Crippen molar-refractivity contribution in [1.29, 1.82) is 10.8 Å². The Bertz CT molecular complexity index is 386. The van der Waals surface area contributed by atoms with Crippen molar-refractivity contribution in [2.75, 3.05) is 13.1 Å². The molecule has 0 fully saturated rings. The second-order valence-corrected chi connectivity index (χ2v) is 4.85. The van der Waals surface area contributed by atoms with Gasteiger partial charge in [-0.2, -0.15) is 0 Å². The van der Waals surface area contributed by atoms with Crippen LogP contribution in [0.3, 0.4) is 0 Å². The summed E-state index contributed by atoms with van der Waals surface area (Å²) in [5.41, 5.74) is 20.4. The Balaban J connectivity index is -0.000000372. The van der Waals surface area contributed by atoms with Gasteiger partial charge in [0.2, 0.25) is 0 Å². The summed E-state index contributed by atoms with van der Waals surface area (Å²) in [5, 5.41) is 35.4. The predicted octanol–water partition coefficient (Wildman–Crippen LogP) is -3.06. The van der Waals surface area contributed by atoms with Crippen molar-refractivity contribution in [2.45, 2.75) is 37.8 Å². The number of aliphatic carboxylic acids is 2. The van der Waals surface area contributed by atoms with Crippen LogP contribution in [0.2, 0.25) is 0 Å². The molecule has 0 heterocycles. The molecule has 4 radical (unpaired) electrons. The van der Waals surface area contributed by atoms with E-state index < -0.39 is 24.0 Å². The summed E-state index contributed by atoms with van der Waals surface area (Å²) in [5.74, 6) is -2.23. The van der Waals surface area contributed by atoms with Gasteiger partial charge in [-0.1, -0.05) is 0 Å². The van der Waals surface area contributed by atoms with Crippen molar-refractivity contribution in [3.8, 4) is 0 Å². The average molecular weight is 467 g/mol. The van der Waals surface area contributed by atoms with Gasteiger partial charge in [0.15, 0.2) is 11.9 Å². The quantitative estimate of drug-likeness (QED) is 0.0672. The Kier molecular flexibility index (Phi) is 19.1. The Morgan fingerprint density at radius 1 is 0.840 bits per heavy atom. The first-order chi connectivity index (χ1) is 11.1. The maximum atomic E-state index is 10.2. The van der Waals surface area contributed by atoms with Crippen LogP contribution < -0.4 is 33.6 Å². The van der Waals surface area contributed by atoms with Crippen molar-refractivity contribution in [3.05, 3.63) is 0 Å². The molecule has 144 valence electrons. The molecule has 0 aliphatic rings. The van der Waals surface area contributed by atoms with Crippen molar-refractivity contribution in [1.82, 2.24) is 10.6 Å². The minimum Gasteiger partial charge on any atom is -0.480 e. The predicted molar refractivity (Wildman–Crippen MR) is 95.3 cm³/mol. The first kappa shape index (κ1) is 28.0. The molecule has 0 amide bonds. The van der Waals surface area contributed by atoms with Gasteiger partial charge in [0.1, 0.15) is 12.1 Å². The van der Waals surface area contributed by atoms with Gasteiger partial charge in [-0.05, 0) is 25.7 Å². The molecule has 0 aliphatic heterocycles. The maximum Gasteiger partial charge on any atom is 0.320 e. The molecule has 0 saturated heterocycles. The van der Waals surface area contributed by atoms with Gasteiger partial charge in [-0.15, -0.1) is 0 Å². The second kappa shape index (κ2) is 17.0. The molecule has 13 heteroatoms. The van der Waals surface area contributed by atoms with Crippen molar-refractivity contribution >= 4 is 47.8 Å². The van der Waals surface area contributed by atoms with Crippen LogP contribution in [0.25, 0.3) is 0 Å². The SMILES string of the molecule is N=C(N)NCCC[C@H](N)C(=O)O.N=C(N)NCCC[C@H](N)C(=O)O.[Sn]. The smallest absolute Gasteiger partial charge is 0.320 e. The van der Waals surface area contributed by atoms with E-state index in [-0.39, 0.29) is 35.8 Å². The number of carbonyl (C=O) groups is 2. The number of hydrogen-bond acceptors (Lipinski definition) is 6. The van der Waals surface area contributed by atoms with E-state index in [0.29, 0.717) is 38.8 Å². The summed E-state index contributed by atoms with van der Waals surface area (Å²) < 4.78 is 0. The van der Waals surface area contributed by atoms with Crippen LogP contribution in [0, 0.1) is 10.8 Å². The normalized spacial score (nSPS) is 11.6. The molecule has 0 bridgehead atoms. The summed E-state index contributed by atoms with van der Waals surface area (Å²) in [6, 6.07) is -1.64. The van der Waals surface area contributed by atoms with E-state index in [2.05, 4.69) is 10.6 Å². The number of nitrogens with two attached hydrogens (primary N) is 4. The number of rotatable bonds is 10. The van der Waals surface area contributed by atoms with E-state index in [1.165, 1.54) is 0 Å². The van der Waals surface area contributed by atoms with Crippen LogP contribution in [-0.2, 0) is 9.59 Å². The first-order valence-electron chi connectivity index (χ1n) is 7.20. The van der Waals surface area contributed by atoms with Crippen molar-refractivity contribution < 1.29 is 19.8 Å². The van der Waals surface area contributed by atoms with Gasteiger partial charge in [0.25, 0.3) is 0 Å². The van der Waals surface area contributed by atoms with E-state index in [0.717, 1.165) is 0 Å². The third-order valence-corrected chi connectivity index (χ3v) is 2.65. The number of carboxylic acid groups (broad SMARTS) is 2. The van der Waals surface area contributed by atoms with Gasteiger partial charge in [-0.3, -0.25) is 20.4 Å². The Morgan fingerprint density at radius 3 is 1.32 bits per heavy atom. The molecule has 0 saturated carbocycles. The topological polar surface area (TPSA) is 250 Å². The van der Waals surface area contributed by atoms with E-state index >= 15 is 0 Å². The number of guanidine groups is 2. The fourth-order valence-electron chi connectivity index (χ4n) is 1.34. The molecule has 0 unspecified atom stereocenters. The molecular weight excluding hydrogens is 439 g/mol. The van der Waals surface area contributed by atoms with Gasteiger partial charge in [-0.25, -0.2) is 0 Å². The van der Waals surface area contributed by atoms with Crippen LogP contribution in [0.5, 0.6) is 0 Å². The van der Waals surface area contributed by atoms with Crippen LogP contribution in [0.15, 0.2) is 0 Å². The monoisotopic (exact) mass is 468 g/mol. The van der Waals surface area contributed by atoms with Crippen LogP contribution in [-0.4, -0.2) is 83.2 Å². The molecule has 0 aromatic carbocycles. The summed E-state index contributed by atoms with van der Waals surface area (Å²) in [4.78, 5) is 20.4. The van der Waals surface area contributed by atoms with E-state index in [4.69, 9.17) is 44.0 Å². The maximum absolute atomic E-state index is 10.2. The zero-order valence-corrected chi connectivity index (χ0v) is 16.8. The largest absolute Gasteiger partial charge is 0.480 e.